The van der Waals surface area contributed by atoms with Crippen LogP contribution in [0.25, 0.3) is 6.08 Å². The van der Waals surface area contributed by atoms with Gasteiger partial charge >= 0.3 is 0 Å². The van der Waals surface area contributed by atoms with Crippen molar-refractivity contribution >= 4 is 39.5 Å². The molecular formula is C27H23BrFN3O4. The molecule has 3 aromatic rings. The molecule has 1 atom stereocenters. The molecule has 0 bridgehead atoms. The smallest absolute Gasteiger partial charge is 0.262 e. The zero-order valence-electron chi connectivity index (χ0n) is 19.5. The SMILES string of the molecule is COc1cc(/C=C(/C#N)C(=O)N[C@H](C)c2ccccc2)c(Br)cc1OCC(=O)Nc1ccc(F)cc1. The third kappa shape index (κ3) is 7.17. The fraction of sp³-hybridized carbons (Fsp3) is 0.148. The summed E-state index contributed by atoms with van der Waals surface area (Å²) in [5, 5.41) is 15.0. The van der Waals surface area contributed by atoms with Crippen molar-refractivity contribution in [2.45, 2.75) is 13.0 Å². The van der Waals surface area contributed by atoms with Gasteiger partial charge in [0, 0.05) is 10.2 Å². The average molecular weight is 552 g/mol. The number of anilines is 1. The van der Waals surface area contributed by atoms with Crippen LogP contribution in [0.1, 0.15) is 24.1 Å². The maximum atomic E-state index is 13.0. The number of nitrogens with one attached hydrogen (secondary N) is 2. The van der Waals surface area contributed by atoms with Gasteiger partial charge < -0.3 is 20.1 Å². The molecule has 3 rings (SSSR count). The average Bonchev–Trinajstić information content (AvgIpc) is 2.88. The van der Waals surface area contributed by atoms with Crippen LogP contribution >= 0.6 is 15.9 Å². The van der Waals surface area contributed by atoms with Gasteiger partial charge in [0.25, 0.3) is 11.8 Å². The Bertz CT molecular complexity index is 1310. The summed E-state index contributed by atoms with van der Waals surface area (Å²) in [6.45, 7) is 1.51. The van der Waals surface area contributed by atoms with Crippen LogP contribution in [0.4, 0.5) is 10.1 Å². The van der Waals surface area contributed by atoms with Crippen LogP contribution in [0.15, 0.2) is 76.8 Å². The van der Waals surface area contributed by atoms with Crippen LogP contribution < -0.4 is 20.1 Å². The number of hydrogen-bond acceptors (Lipinski definition) is 5. The number of carbonyl (C=O) groups excluding carboxylic acids is 2. The molecule has 0 unspecified atom stereocenters. The quantitative estimate of drug-likeness (QED) is 0.274. The van der Waals surface area contributed by atoms with Crippen LogP contribution in [0, 0.1) is 17.1 Å². The number of ether oxygens (including phenoxy) is 2. The highest BCUT2D eigenvalue weighted by molar-refractivity contribution is 9.10. The van der Waals surface area contributed by atoms with Crippen molar-refractivity contribution in [2.75, 3.05) is 19.0 Å². The summed E-state index contributed by atoms with van der Waals surface area (Å²) in [6, 6.07) is 19.6. The van der Waals surface area contributed by atoms with E-state index in [0.717, 1.165) is 5.56 Å². The number of benzene rings is 3. The van der Waals surface area contributed by atoms with Crippen LogP contribution in [0.3, 0.4) is 0 Å². The summed E-state index contributed by atoms with van der Waals surface area (Å²) in [5.41, 5.74) is 1.76. The number of rotatable bonds is 9. The Kier molecular flexibility index (Phi) is 9.19. The van der Waals surface area contributed by atoms with E-state index in [-0.39, 0.29) is 24.0 Å². The normalized spacial score (nSPS) is 11.7. The van der Waals surface area contributed by atoms with Crippen LogP contribution in [-0.2, 0) is 9.59 Å². The molecule has 2 amide bonds. The Labute approximate surface area is 216 Å². The lowest BCUT2D eigenvalue weighted by molar-refractivity contribution is -0.118. The molecule has 3 aromatic carbocycles. The van der Waals surface area contributed by atoms with E-state index in [1.165, 1.54) is 37.5 Å². The Balaban J connectivity index is 1.71. The van der Waals surface area contributed by atoms with Crippen molar-refractivity contribution in [2.24, 2.45) is 0 Å². The van der Waals surface area contributed by atoms with Gasteiger partial charge in [-0.1, -0.05) is 46.3 Å². The predicted octanol–water partition coefficient (Wildman–Crippen LogP) is 5.40. The standard InChI is InChI=1S/C27H23BrFN3O4/c1-17(18-6-4-3-5-7-18)31-27(34)20(15-30)12-19-13-24(35-2)25(14-23(19)28)36-16-26(33)32-22-10-8-21(29)9-11-22/h3-14,17H,16H2,1-2H3,(H,31,34)(H,32,33)/b20-12-/t17-/m1/s1. The van der Waals surface area contributed by atoms with Gasteiger partial charge in [0.15, 0.2) is 18.1 Å². The lowest BCUT2D eigenvalue weighted by Crippen LogP contribution is -2.27. The van der Waals surface area contributed by atoms with Gasteiger partial charge in [-0.25, -0.2) is 4.39 Å². The zero-order chi connectivity index (χ0) is 26.1. The van der Waals surface area contributed by atoms with Gasteiger partial charge in [0.05, 0.1) is 13.2 Å². The van der Waals surface area contributed by atoms with Crippen molar-refractivity contribution in [3.63, 3.8) is 0 Å². The highest BCUT2D eigenvalue weighted by Crippen LogP contribution is 2.34. The van der Waals surface area contributed by atoms with Crippen molar-refractivity contribution < 1.29 is 23.5 Å². The summed E-state index contributed by atoms with van der Waals surface area (Å²) in [5.74, 6) is -0.793. The van der Waals surface area contributed by atoms with Crippen molar-refractivity contribution in [1.29, 1.82) is 5.26 Å². The molecule has 0 heterocycles. The van der Waals surface area contributed by atoms with Crippen LogP contribution in [-0.4, -0.2) is 25.5 Å². The van der Waals surface area contributed by atoms with Crippen molar-refractivity contribution in [1.82, 2.24) is 5.32 Å². The number of carbonyl (C=O) groups is 2. The molecule has 0 aliphatic heterocycles. The Morgan fingerprint density at radius 2 is 1.81 bits per heavy atom. The van der Waals surface area contributed by atoms with Gasteiger partial charge in [0.2, 0.25) is 0 Å². The van der Waals surface area contributed by atoms with E-state index in [4.69, 9.17) is 9.47 Å². The number of methoxy groups -OCH3 is 1. The minimum atomic E-state index is -0.516. The number of amides is 2. The topological polar surface area (TPSA) is 100 Å². The molecular weight excluding hydrogens is 529 g/mol. The molecule has 0 aliphatic rings. The second kappa shape index (κ2) is 12.5. The molecule has 184 valence electrons. The van der Waals surface area contributed by atoms with E-state index in [0.29, 0.717) is 21.5 Å². The summed E-state index contributed by atoms with van der Waals surface area (Å²) in [4.78, 5) is 24.9. The molecule has 2 N–H and O–H groups in total. The third-order valence-electron chi connectivity index (χ3n) is 5.08. The van der Waals surface area contributed by atoms with E-state index in [1.807, 2.05) is 43.3 Å². The van der Waals surface area contributed by atoms with E-state index in [1.54, 1.807) is 12.1 Å². The van der Waals surface area contributed by atoms with Gasteiger partial charge in [-0.3, -0.25) is 9.59 Å². The van der Waals surface area contributed by atoms with Gasteiger partial charge in [-0.15, -0.1) is 0 Å². The van der Waals surface area contributed by atoms with E-state index in [9.17, 15) is 19.2 Å². The first kappa shape index (κ1) is 26.4. The monoisotopic (exact) mass is 551 g/mol. The number of nitrogens with zero attached hydrogens (tertiary/aromatic N) is 1. The second-order valence-electron chi connectivity index (χ2n) is 7.64. The molecule has 36 heavy (non-hydrogen) atoms. The fourth-order valence-electron chi connectivity index (χ4n) is 3.21. The first-order valence-corrected chi connectivity index (χ1v) is 11.6. The van der Waals surface area contributed by atoms with Crippen LogP contribution in [0.5, 0.6) is 11.5 Å². The summed E-state index contributed by atoms with van der Waals surface area (Å²) in [6.07, 6.45) is 1.44. The van der Waals surface area contributed by atoms with E-state index < -0.39 is 17.6 Å². The lowest BCUT2D eigenvalue weighted by Gasteiger charge is -2.15. The molecule has 0 aromatic heterocycles. The molecule has 0 radical (unpaired) electrons. The number of halogens is 2. The summed E-state index contributed by atoms with van der Waals surface area (Å²) in [7, 11) is 1.43. The molecule has 0 aliphatic carbocycles. The largest absolute Gasteiger partial charge is 0.493 e. The van der Waals surface area contributed by atoms with Gasteiger partial charge in [-0.05, 0) is 60.5 Å². The molecule has 0 saturated heterocycles. The number of hydrogen-bond donors (Lipinski definition) is 2. The predicted molar refractivity (Wildman–Crippen MR) is 138 cm³/mol. The van der Waals surface area contributed by atoms with Crippen LogP contribution in [0.2, 0.25) is 0 Å². The first-order chi connectivity index (χ1) is 17.3. The summed E-state index contributed by atoms with van der Waals surface area (Å²) >= 11 is 3.42. The molecule has 0 fully saturated rings. The molecule has 9 heteroatoms. The molecule has 0 spiro atoms. The maximum Gasteiger partial charge on any atom is 0.262 e. The molecule has 0 saturated carbocycles. The zero-order valence-corrected chi connectivity index (χ0v) is 21.1. The van der Waals surface area contributed by atoms with E-state index >= 15 is 0 Å². The van der Waals surface area contributed by atoms with Gasteiger partial charge in [0.1, 0.15) is 17.5 Å². The summed E-state index contributed by atoms with van der Waals surface area (Å²) < 4.78 is 24.5. The Morgan fingerprint density at radius 3 is 2.44 bits per heavy atom. The highest BCUT2D eigenvalue weighted by Gasteiger charge is 2.16. The maximum absolute atomic E-state index is 13.0. The number of nitriles is 1. The van der Waals surface area contributed by atoms with Crippen molar-refractivity contribution in [3.05, 3.63) is 93.7 Å². The highest BCUT2D eigenvalue weighted by atomic mass is 79.9. The second-order valence-corrected chi connectivity index (χ2v) is 8.50. The Hall–Kier alpha value is -4.16. The first-order valence-electron chi connectivity index (χ1n) is 10.8. The Morgan fingerprint density at radius 1 is 1.11 bits per heavy atom. The minimum absolute atomic E-state index is 0.0899. The fourth-order valence-corrected chi connectivity index (χ4v) is 3.65. The van der Waals surface area contributed by atoms with Crippen molar-refractivity contribution in [3.8, 4) is 17.6 Å². The lowest BCUT2D eigenvalue weighted by atomic mass is 10.1. The van der Waals surface area contributed by atoms with E-state index in [2.05, 4.69) is 26.6 Å². The molecule has 7 nitrogen and oxygen atoms in total. The third-order valence-corrected chi connectivity index (χ3v) is 5.77. The van der Waals surface area contributed by atoms with Gasteiger partial charge in [-0.2, -0.15) is 5.26 Å². The minimum Gasteiger partial charge on any atom is -0.493 e.